The summed E-state index contributed by atoms with van der Waals surface area (Å²) in [5.41, 5.74) is 0. The Kier molecular flexibility index (Phi) is 1.06. The molecule has 0 unspecified atom stereocenters. The van der Waals surface area contributed by atoms with E-state index in [9.17, 15) is 4.79 Å². The molecule has 0 aromatic heterocycles. The highest BCUT2D eigenvalue weighted by Crippen LogP contribution is 1.89. The molecular weight excluding hydrogens is 94.0 g/mol. The molecule has 0 fully saturated rings. The van der Waals surface area contributed by atoms with Gasteiger partial charge in [-0.15, -0.1) is 0 Å². The molecule has 0 radical (unpaired) electrons. The molecule has 3 heteroatoms. The molecule has 3 nitrogen and oxygen atoms in total. The maximum atomic E-state index is 10.1. The van der Waals surface area contributed by atoms with E-state index in [4.69, 9.17) is 0 Å². The van der Waals surface area contributed by atoms with Crippen LogP contribution in [0.2, 0.25) is 0 Å². The van der Waals surface area contributed by atoms with E-state index in [1.807, 2.05) is 0 Å². The second-order valence-electron chi connectivity index (χ2n) is 1.25. The van der Waals surface area contributed by atoms with Crippen molar-refractivity contribution in [2.24, 2.45) is 4.99 Å². The fraction of sp³-hybridized carbons (Fsp3) is 0.500. The van der Waals surface area contributed by atoms with Gasteiger partial charge in [-0.25, -0.2) is 0 Å². The maximum absolute atomic E-state index is 10.1. The predicted octanol–water partition coefficient (Wildman–Crippen LogP) is -0.0384. The third-order valence-corrected chi connectivity index (χ3v) is 0.704. The Morgan fingerprint density at radius 2 is 2.71 bits per heavy atom. The molecule has 0 aromatic carbocycles. The number of carbonyl (C=O) groups is 1. The number of aliphatic imine (C=N–C) groups is 1. The van der Waals surface area contributed by atoms with Crippen molar-refractivity contribution < 1.29 is 9.53 Å². The minimum absolute atomic E-state index is 0.185. The van der Waals surface area contributed by atoms with Crippen molar-refractivity contribution in [1.29, 1.82) is 0 Å². The highest BCUT2D eigenvalue weighted by Gasteiger charge is 2.02. The van der Waals surface area contributed by atoms with Crippen LogP contribution in [0.1, 0.15) is 6.42 Å². The van der Waals surface area contributed by atoms with Crippen LogP contribution in [0.25, 0.3) is 0 Å². The quantitative estimate of drug-likeness (QED) is 0.400. The van der Waals surface area contributed by atoms with Crippen molar-refractivity contribution in [3.63, 3.8) is 0 Å². The molecule has 0 saturated heterocycles. The molecule has 0 saturated carbocycles. The zero-order valence-electron chi connectivity index (χ0n) is 3.76. The van der Waals surface area contributed by atoms with Gasteiger partial charge < -0.3 is 4.74 Å². The van der Waals surface area contributed by atoms with Gasteiger partial charge in [0.1, 0.15) is 0 Å². The number of rotatable bonds is 0. The van der Waals surface area contributed by atoms with Gasteiger partial charge >= 0.3 is 5.97 Å². The molecule has 1 aliphatic heterocycles. The summed E-state index contributed by atoms with van der Waals surface area (Å²) in [5.74, 6) is -0.185. The summed E-state index contributed by atoms with van der Waals surface area (Å²) in [6.07, 6.45) is 1.61. The maximum Gasteiger partial charge on any atom is 0.313 e. The van der Waals surface area contributed by atoms with Crippen LogP contribution >= 0.6 is 0 Å². The Bertz CT molecular complexity index is 108. The van der Waals surface area contributed by atoms with Gasteiger partial charge in [-0.05, 0) is 0 Å². The second-order valence-corrected chi connectivity index (χ2v) is 1.25. The summed E-state index contributed by atoms with van der Waals surface area (Å²) >= 11 is 0. The van der Waals surface area contributed by atoms with E-state index < -0.39 is 0 Å². The SMILES string of the molecule is O=C1CCN=CO1. The summed E-state index contributed by atoms with van der Waals surface area (Å²) in [4.78, 5) is 13.8. The molecule has 0 spiro atoms. The lowest BCUT2D eigenvalue weighted by Gasteiger charge is -1.99. The Morgan fingerprint density at radius 3 is 3.00 bits per heavy atom. The van der Waals surface area contributed by atoms with Gasteiger partial charge in [0.2, 0.25) is 0 Å². The molecule has 0 atom stereocenters. The first kappa shape index (κ1) is 4.30. The third kappa shape index (κ3) is 0.994. The fourth-order valence-corrected chi connectivity index (χ4v) is 0.364. The van der Waals surface area contributed by atoms with Crippen LogP contribution in [0, 0.1) is 0 Å². The number of nitrogens with zero attached hydrogens (tertiary/aromatic N) is 1. The van der Waals surface area contributed by atoms with Gasteiger partial charge in [0.15, 0.2) is 6.40 Å². The molecule has 7 heavy (non-hydrogen) atoms. The lowest BCUT2D eigenvalue weighted by molar-refractivity contribution is -0.135. The van der Waals surface area contributed by atoms with Crippen LogP contribution in [0.5, 0.6) is 0 Å². The normalized spacial score (nSPS) is 19.1. The van der Waals surface area contributed by atoms with Gasteiger partial charge in [0, 0.05) is 0 Å². The standard InChI is InChI=1S/C4H5NO2/c6-4-1-2-5-3-7-4/h3H,1-2H2. The molecule has 0 aromatic rings. The monoisotopic (exact) mass is 99.0 g/mol. The van der Waals surface area contributed by atoms with E-state index in [0.29, 0.717) is 13.0 Å². The number of hydrogen-bond acceptors (Lipinski definition) is 3. The second kappa shape index (κ2) is 1.73. The Balaban J connectivity index is 2.47. The molecule has 1 rings (SSSR count). The van der Waals surface area contributed by atoms with Crippen molar-refractivity contribution in [3.8, 4) is 0 Å². The first-order valence-corrected chi connectivity index (χ1v) is 2.07. The van der Waals surface area contributed by atoms with Crippen molar-refractivity contribution in [2.75, 3.05) is 6.54 Å². The summed E-state index contributed by atoms with van der Waals surface area (Å²) in [6.45, 7) is 0.582. The average Bonchev–Trinajstić information content (AvgIpc) is 1.69. The number of ether oxygens (including phenoxy) is 1. The number of hydrogen-bond donors (Lipinski definition) is 0. The summed E-state index contributed by atoms with van der Waals surface area (Å²) in [5, 5.41) is 0. The fourth-order valence-electron chi connectivity index (χ4n) is 0.364. The lowest BCUT2D eigenvalue weighted by Crippen LogP contribution is -2.09. The first-order chi connectivity index (χ1) is 3.39. The molecule has 1 heterocycles. The number of cyclic esters (lactones) is 1. The summed E-state index contributed by atoms with van der Waals surface area (Å²) in [6, 6.07) is 0. The minimum atomic E-state index is -0.185. The Morgan fingerprint density at radius 1 is 1.86 bits per heavy atom. The lowest BCUT2D eigenvalue weighted by atomic mass is 10.4. The first-order valence-electron chi connectivity index (χ1n) is 2.07. The number of esters is 1. The van der Waals surface area contributed by atoms with Crippen molar-refractivity contribution >= 4 is 12.4 Å². The largest absolute Gasteiger partial charge is 0.415 e. The van der Waals surface area contributed by atoms with E-state index in [1.165, 1.54) is 6.40 Å². The zero-order chi connectivity index (χ0) is 5.11. The van der Waals surface area contributed by atoms with E-state index in [0.717, 1.165) is 0 Å². The predicted molar refractivity (Wildman–Crippen MR) is 24.1 cm³/mol. The summed E-state index contributed by atoms with van der Waals surface area (Å²) < 4.78 is 4.35. The smallest absolute Gasteiger partial charge is 0.313 e. The minimum Gasteiger partial charge on any atom is -0.415 e. The van der Waals surface area contributed by atoms with Crippen LogP contribution in [-0.2, 0) is 9.53 Å². The van der Waals surface area contributed by atoms with Crippen molar-refractivity contribution in [2.45, 2.75) is 6.42 Å². The van der Waals surface area contributed by atoms with E-state index in [1.54, 1.807) is 0 Å². The van der Waals surface area contributed by atoms with Gasteiger partial charge in [0.05, 0.1) is 13.0 Å². The number of carbonyl (C=O) groups excluding carboxylic acids is 1. The van der Waals surface area contributed by atoms with Crippen LogP contribution in [0.3, 0.4) is 0 Å². The highest BCUT2D eigenvalue weighted by atomic mass is 16.5. The Labute approximate surface area is 41.0 Å². The molecule has 38 valence electrons. The molecule has 0 amide bonds. The molecule has 0 aliphatic carbocycles. The van der Waals surface area contributed by atoms with E-state index in [2.05, 4.69) is 9.73 Å². The summed E-state index contributed by atoms with van der Waals surface area (Å²) in [7, 11) is 0. The van der Waals surface area contributed by atoms with Gasteiger partial charge in [-0.3, -0.25) is 9.79 Å². The Hall–Kier alpha value is -0.860. The van der Waals surface area contributed by atoms with E-state index in [-0.39, 0.29) is 5.97 Å². The topological polar surface area (TPSA) is 38.7 Å². The highest BCUT2D eigenvalue weighted by molar-refractivity contribution is 5.79. The van der Waals surface area contributed by atoms with Crippen LogP contribution in [0.4, 0.5) is 0 Å². The molecule has 1 aliphatic rings. The molecule has 0 N–H and O–H groups in total. The van der Waals surface area contributed by atoms with E-state index >= 15 is 0 Å². The van der Waals surface area contributed by atoms with Crippen LogP contribution in [-0.4, -0.2) is 18.9 Å². The van der Waals surface area contributed by atoms with Gasteiger partial charge in [-0.1, -0.05) is 0 Å². The van der Waals surface area contributed by atoms with Crippen molar-refractivity contribution in [1.82, 2.24) is 0 Å². The van der Waals surface area contributed by atoms with Gasteiger partial charge in [-0.2, -0.15) is 0 Å². The third-order valence-electron chi connectivity index (χ3n) is 0.704. The molecule has 0 bridgehead atoms. The molecular formula is C4H5NO2. The van der Waals surface area contributed by atoms with Crippen LogP contribution < -0.4 is 0 Å². The van der Waals surface area contributed by atoms with Crippen molar-refractivity contribution in [3.05, 3.63) is 0 Å². The zero-order valence-corrected chi connectivity index (χ0v) is 3.76. The average molecular weight is 99.1 g/mol. The van der Waals surface area contributed by atoms with Gasteiger partial charge in [0.25, 0.3) is 0 Å². The van der Waals surface area contributed by atoms with Crippen LogP contribution in [0.15, 0.2) is 4.99 Å².